The molecule has 0 aliphatic heterocycles. The van der Waals surface area contributed by atoms with Crippen LogP contribution in [-0.4, -0.2) is 15.0 Å². The van der Waals surface area contributed by atoms with Gasteiger partial charge in [0.2, 0.25) is 0 Å². The summed E-state index contributed by atoms with van der Waals surface area (Å²) in [5.74, 6) is 2.07. The van der Waals surface area contributed by atoms with Crippen LogP contribution in [-0.2, 0) is 6.42 Å². The maximum Gasteiger partial charge on any atom is 0.165 e. The second kappa shape index (κ2) is 11.7. The molecule has 0 amide bonds. The smallest absolute Gasteiger partial charge is 0.165 e. The average Bonchev–Trinajstić information content (AvgIpc) is 3.89. The van der Waals surface area contributed by atoms with Gasteiger partial charge in [-0.3, -0.25) is 0 Å². The molecular formula is C46H27N3OS2. The molecule has 0 N–H and O–H groups in total. The number of furan rings is 1. The Kier molecular flexibility index (Phi) is 6.62. The van der Waals surface area contributed by atoms with Gasteiger partial charge in [0, 0.05) is 68.7 Å². The number of benzene rings is 7. The molecule has 52 heavy (non-hydrogen) atoms. The maximum atomic E-state index is 6.47. The minimum Gasteiger partial charge on any atom is -0.456 e. The molecule has 6 heteroatoms. The van der Waals surface area contributed by atoms with Crippen LogP contribution < -0.4 is 0 Å². The highest BCUT2D eigenvalue weighted by molar-refractivity contribution is 7.26. The summed E-state index contributed by atoms with van der Waals surface area (Å²) in [6.45, 7) is 0. The maximum absolute atomic E-state index is 6.47. The Balaban J connectivity index is 1.08. The summed E-state index contributed by atoms with van der Waals surface area (Å²) in [6, 6.07) is 53.4. The fraction of sp³-hybridized carbons (Fsp3) is 0.0217. The van der Waals surface area contributed by atoms with Crippen LogP contribution in [0.2, 0.25) is 0 Å². The fourth-order valence-corrected chi connectivity index (χ4v) is 10.1. The number of fused-ring (bicyclic) bond motifs is 9. The first-order chi connectivity index (χ1) is 25.7. The lowest BCUT2D eigenvalue weighted by Crippen LogP contribution is -2.04. The van der Waals surface area contributed by atoms with Gasteiger partial charge >= 0.3 is 0 Å². The molecule has 4 aromatic heterocycles. The zero-order valence-electron chi connectivity index (χ0n) is 27.7. The van der Waals surface area contributed by atoms with E-state index < -0.39 is 0 Å². The van der Waals surface area contributed by atoms with Gasteiger partial charge < -0.3 is 4.42 Å². The largest absolute Gasteiger partial charge is 0.456 e. The van der Waals surface area contributed by atoms with Crippen LogP contribution in [0.5, 0.6) is 0 Å². The number of hydrogen-bond acceptors (Lipinski definition) is 6. The number of rotatable bonds is 5. The third-order valence-corrected chi connectivity index (χ3v) is 12.4. The Hall–Kier alpha value is -6.21. The predicted molar refractivity (Wildman–Crippen MR) is 218 cm³/mol. The molecule has 0 bridgehead atoms. The summed E-state index contributed by atoms with van der Waals surface area (Å²) in [7, 11) is 0. The average molecular weight is 702 g/mol. The molecular weight excluding hydrogens is 675 g/mol. The minimum atomic E-state index is 0.528. The van der Waals surface area contributed by atoms with Crippen molar-refractivity contribution in [1.82, 2.24) is 15.0 Å². The third-order valence-electron chi connectivity index (χ3n) is 10.0. The van der Waals surface area contributed by atoms with E-state index >= 15 is 0 Å². The molecule has 4 heterocycles. The van der Waals surface area contributed by atoms with Crippen molar-refractivity contribution in [2.75, 3.05) is 0 Å². The summed E-state index contributed by atoms with van der Waals surface area (Å²) in [5.41, 5.74) is 7.23. The molecule has 0 aliphatic rings. The molecule has 244 valence electrons. The molecule has 7 aromatic carbocycles. The Labute approximate surface area is 306 Å². The van der Waals surface area contributed by atoms with Gasteiger partial charge in [-0.25, -0.2) is 15.0 Å². The van der Waals surface area contributed by atoms with Crippen molar-refractivity contribution in [3.05, 3.63) is 163 Å². The van der Waals surface area contributed by atoms with Gasteiger partial charge in [0.15, 0.2) is 11.6 Å². The highest BCUT2D eigenvalue weighted by Gasteiger charge is 2.19. The van der Waals surface area contributed by atoms with E-state index in [0.717, 1.165) is 44.5 Å². The Bertz CT molecular complexity index is 3170. The van der Waals surface area contributed by atoms with Gasteiger partial charge in [0.05, 0.1) is 0 Å². The van der Waals surface area contributed by atoms with Crippen molar-refractivity contribution in [2.45, 2.75) is 6.42 Å². The van der Waals surface area contributed by atoms with Crippen molar-refractivity contribution >= 4 is 85.0 Å². The van der Waals surface area contributed by atoms with Gasteiger partial charge in [0.25, 0.3) is 0 Å². The van der Waals surface area contributed by atoms with E-state index in [2.05, 4.69) is 133 Å². The minimum absolute atomic E-state index is 0.528. The van der Waals surface area contributed by atoms with Crippen LogP contribution in [0, 0.1) is 0 Å². The van der Waals surface area contributed by atoms with Gasteiger partial charge in [0.1, 0.15) is 17.0 Å². The first-order valence-corrected chi connectivity index (χ1v) is 18.9. The Morgan fingerprint density at radius 2 is 1.08 bits per heavy atom. The van der Waals surface area contributed by atoms with E-state index in [4.69, 9.17) is 19.4 Å². The number of hydrogen-bond donors (Lipinski definition) is 0. The number of aromatic nitrogens is 3. The van der Waals surface area contributed by atoms with E-state index in [0.29, 0.717) is 18.1 Å². The van der Waals surface area contributed by atoms with E-state index in [1.807, 2.05) is 29.5 Å². The number of nitrogens with zero attached hydrogens (tertiary/aromatic N) is 3. The third kappa shape index (κ3) is 4.69. The van der Waals surface area contributed by atoms with Crippen LogP contribution in [0.25, 0.3) is 96.2 Å². The summed E-state index contributed by atoms with van der Waals surface area (Å²) < 4.78 is 11.5. The van der Waals surface area contributed by atoms with Crippen LogP contribution in [0.1, 0.15) is 11.4 Å². The molecule has 11 rings (SSSR count). The second-order valence-corrected chi connectivity index (χ2v) is 15.2. The SMILES string of the molecule is c1ccc(-c2nc(Cc3cccc4oc5ccc(-c6cccc7c6sc6ccccc67)cc5c34)nc(-c3cccc4c3sc3ccccc34)n2)cc1. The lowest BCUT2D eigenvalue weighted by molar-refractivity contribution is 0.668. The summed E-state index contributed by atoms with van der Waals surface area (Å²) in [5, 5.41) is 7.26. The molecule has 4 nitrogen and oxygen atoms in total. The van der Waals surface area contributed by atoms with Gasteiger partial charge in [-0.05, 0) is 53.1 Å². The van der Waals surface area contributed by atoms with Crippen molar-refractivity contribution in [1.29, 1.82) is 0 Å². The molecule has 11 aromatic rings. The van der Waals surface area contributed by atoms with E-state index in [1.165, 1.54) is 51.5 Å². The first kappa shape index (κ1) is 29.5. The molecule has 0 aliphatic carbocycles. The Morgan fingerprint density at radius 3 is 1.85 bits per heavy atom. The second-order valence-electron chi connectivity index (χ2n) is 13.1. The molecule has 0 radical (unpaired) electrons. The van der Waals surface area contributed by atoms with Crippen molar-refractivity contribution in [2.24, 2.45) is 0 Å². The zero-order chi connectivity index (χ0) is 34.2. The lowest BCUT2D eigenvalue weighted by atomic mass is 9.98. The van der Waals surface area contributed by atoms with Crippen LogP contribution in [0.15, 0.2) is 156 Å². The highest BCUT2D eigenvalue weighted by atomic mass is 32.1. The highest BCUT2D eigenvalue weighted by Crippen LogP contribution is 2.43. The lowest BCUT2D eigenvalue weighted by Gasteiger charge is -2.10. The Morgan fingerprint density at radius 1 is 0.442 bits per heavy atom. The molecule has 0 fully saturated rings. The molecule has 0 saturated carbocycles. The van der Waals surface area contributed by atoms with Crippen molar-refractivity contribution in [3.63, 3.8) is 0 Å². The van der Waals surface area contributed by atoms with Crippen LogP contribution in [0.4, 0.5) is 0 Å². The topological polar surface area (TPSA) is 51.8 Å². The fourth-order valence-electron chi connectivity index (χ4n) is 7.62. The zero-order valence-corrected chi connectivity index (χ0v) is 29.3. The van der Waals surface area contributed by atoms with Crippen molar-refractivity contribution in [3.8, 4) is 33.9 Å². The van der Waals surface area contributed by atoms with E-state index in [9.17, 15) is 0 Å². The van der Waals surface area contributed by atoms with Gasteiger partial charge in [-0.15, -0.1) is 22.7 Å². The standard InChI is InChI=1S/C46H27N3OS2/c1-2-11-27(12-3-1)45-47-41(48-46(49-45)35-19-10-18-34-32-15-5-7-22-40(32)52-44(34)35)26-29-13-8-20-38-42(29)36-25-28(23-24-37(36)50-38)30-16-9-17-33-31-14-4-6-21-39(31)51-43(30)33/h1-25H,26H2. The first-order valence-electron chi connectivity index (χ1n) is 17.3. The molecule has 0 unspecified atom stereocenters. The molecule has 0 saturated heterocycles. The van der Waals surface area contributed by atoms with Crippen molar-refractivity contribution < 1.29 is 4.42 Å². The summed E-state index contributed by atoms with van der Waals surface area (Å²) >= 11 is 3.64. The molecule has 0 atom stereocenters. The van der Waals surface area contributed by atoms with Gasteiger partial charge in [-0.1, -0.05) is 115 Å². The summed E-state index contributed by atoms with van der Waals surface area (Å²) in [6.07, 6.45) is 0.528. The van der Waals surface area contributed by atoms with E-state index in [-0.39, 0.29) is 0 Å². The molecule has 0 spiro atoms. The normalized spacial score (nSPS) is 11.9. The summed E-state index contributed by atoms with van der Waals surface area (Å²) in [4.78, 5) is 15.4. The van der Waals surface area contributed by atoms with Crippen LogP contribution in [0.3, 0.4) is 0 Å². The van der Waals surface area contributed by atoms with Gasteiger partial charge in [-0.2, -0.15) is 0 Å². The number of thiophene rings is 2. The quantitative estimate of drug-likeness (QED) is 0.179. The van der Waals surface area contributed by atoms with E-state index in [1.54, 1.807) is 11.3 Å². The van der Waals surface area contributed by atoms with Crippen LogP contribution >= 0.6 is 22.7 Å². The predicted octanol–water partition coefficient (Wildman–Crippen LogP) is 13.1. The monoisotopic (exact) mass is 701 g/mol.